The summed E-state index contributed by atoms with van der Waals surface area (Å²) in [5, 5.41) is 16.8. The first-order valence-electron chi connectivity index (χ1n) is 6.31. The summed E-state index contributed by atoms with van der Waals surface area (Å²) in [5.74, 6) is -1.13. The zero-order valence-corrected chi connectivity index (χ0v) is 12.2. The van der Waals surface area contributed by atoms with E-state index in [1.54, 1.807) is 27.9 Å². The molecule has 6 nitrogen and oxygen atoms in total. The van der Waals surface area contributed by atoms with Crippen molar-refractivity contribution in [3.05, 3.63) is 0 Å². The highest BCUT2D eigenvalue weighted by atomic mass is 16.6. The summed E-state index contributed by atoms with van der Waals surface area (Å²) in [6.45, 7) is 6.16. The number of hydrogen-bond acceptors (Lipinski definition) is 6. The van der Waals surface area contributed by atoms with E-state index in [-0.39, 0.29) is 18.9 Å². The molecule has 0 aromatic heterocycles. The Bertz CT molecular complexity index is 285. The predicted octanol–water partition coefficient (Wildman–Crippen LogP) is 1.01. The van der Waals surface area contributed by atoms with Gasteiger partial charge in [-0.3, -0.25) is 5.41 Å². The Hall–Kier alpha value is -0.980. The van der Waals surface area contributed by atoms with E-state index in [0.29, 0.717) is 19.6 Å². The number of rotatable bonds is 9. The molecule has 2 N–H and O–H groups in total. The van der Waals surface area contributed by atoms with Crippen molar-refractivity contribution < 1.29 is 24.1 Å². The highest BCUT2D eigenvalue weighted by Gasteiger charge is 2.26. The predicted molar refractivity (Wildman–Crippen MR) is 71.5 cm³/mol. The third-order valence-corrected chi connectivity index (χ3v) is 2.26. The Labute approximate surface area is 114 Å². The van der Waals surface area contributed by atoms with E-state index in [9.17, 15) is 4.79 Å². The fourth-order valence-corrected chi connectivity index (χ4v) is 1.33. The lowest BCUT2D eigenvalue weighted by Crippen LogP contribution is -2.34. The van der Waals surface area contributed by atoms with Crippen molar-refractivity contribution in [2.75, 3.05) is 33.5 Å². The third kappa shape index (κ3) is 8.69. The molecule has 0 aromatic carbocycles. The Balaban J connectivity index is 4.35. The fourth-order valence-electron chi connectivity index (χ4n) is 1.33. The lowest BCUT2D eigenvalue weighted by molar-refractivity contribution is -0.146. The largest absolute Gasteiger partial charge is 0.455 e. The van der Waals surface area contributed by atoms with Gasteiger partial charge < -0.3 is 19.3 Å². The molecule has 0 aliphatic rings. The van der Waals surface area contributed by atoms with E-state index in [2.05, 4.69) is 0 Å². The number of ether oxygens (including phenoxy) is 3. The maximum Gasteiger partial charge on any atom is 0.352 e. The quantitative estimate of drug-likeness (QED) is 0.372. The summed E-state index contributed by atoms with van der Waals surface area (Å²) in [4.78, 5) is 11.8. The Morgan fingerprint density at radius 3 is 2.42 bits per heavy atom. The Morgan fingerprint density at radius 2 is 1.95 bits per heavy atom. The third-order valence-electron chi connectivity index (χ3n) is 2.26. The average molecular weight is 275 g/mol. The molecule has 0 aliphatic heterocycles. The molecule has 0 bridgehead atoms. The maximum absolute atomic E-state index is 11.8. The number of carbonyl (C=O) groups excluding carboxylic acids is 1. The van der Waals surface area contributed by atoms with Crippen molar-refractivity contribution in [2.45, 2.75) is 32.8 Å². The van der Waals surface area contributed by atoms with Gasteiger partial charge in [-0.25, -0.2) is 4.79 Å². The van der Waals surface area contributed by atoms with Crippen molar-refractivity contribution in [3.63, 3.8) is 0 Å². The second kappa shape index (κ2) is 9.01. The summed E-state index contributed by atoms with van der Waals surface area (Å²) in [5.41, 5.74) is -0.800. The fraction of sp³-hybridized carbons (Fsp3) is 0.846. The first-order chi connectivity index (χ1) is 8.81. The molecule has 0 rings (SSSR count). The minimum absolute atomic E-state index is 0.108. The highest BCUT2D eigenvalue weighted by Crippen LogP contribution is 2.12. The van der Waals surface area contributed by atoms with E-state index in [0.717, 1.165) is 0 Å². The zero-order chi connectivity index (χ0) is 14.9. The SMILES string of the molecule is COCCOCC(CCO)C(=N)C(=O)OC(C)(C)C. The molecule has 112 valence electrons. The minimum atomic E-state index is -0.665. The second-order valence-electron chi connectivity index (χ2n) is 5.19. The molecule has 0 heterocycles. The molecule has 0 saturated carbocycles. The molecule has 1 unspecified atom stereocenters. The van der Waals surface area contributed by atoms with Crippen LogP contribution in [0.2, 0.25) is 0 Å². The van der Waals surface area contributed by atoms with Crippen LogP contribution < -0.4 is 0 Å². The molecule has 1 atom stereocenters. The van der Waals surface area contributed by atoms with Crippen LogP contribution in [0.3, 0.4) is 0 Å². The van der Waals surface area contributed by atoms with Crippen LogP contribution in [-0.2, 0) is 19.0 Å². The topological polar surface area (TPSA) is 88.8 Å². The van der Waals surface area contributed by atoms with Gasteiger partial charge in [0.15, 0.2) is 0 Å². The number of nitrogens with one attached hydrogen (secondary N) is 1. The average Bonchev–Trinajstić information content (AvgIpc) is 2.30. The number of aliphatic hydroxyl groups is 1. The number of carbonyl (C=O) groups is 1. The molecule has 6 heteroatoms. The van der Waals surface area contributed by atoms with Gasteiger partial charge in [0.25, 0.3) is 0 Å². The van der Waals surface area contributed by atoms with E-state index < -0.39 is 17.5 Å². The van der Waals surface area contributed by atoms with Crippen LogP contribution in [0.1, 0.15) is 27.2 Å². The van der Waals surface area contributed by atoms with Gasteiger partial charge in [-0.1, -0.05) is 0 Å². The smallest absolute Gasteiger partial charge is 0.352 e. The van der Waals surface area contributed by atoms with E-state index in [4.69, 9.17) is 24.7 Å². The summed E-state index contributed by atoms with van der Waals surface area (Å²) in [6, 6.07) is 0. The van der Waals surface area contributed by atoms with Crippen molar-refractivity contribution in [2.24, 2.45) is 5.92 Å². The van der Waals surface area contributed by atoms with Crippen LogP contribution in [-0.4, -0.2) is 55.9 Å². The Morgan fingerprint density at radius 1 is 1.32 bits per heavy atom. The molecule has 0 saturated heterocycles. The molecule has 19 heavy (non-hydrogen) atoms. The maximum atomic E-state index is 11.8. The van der Waals surface area contributed by atoms with Crippen molar-refractivity contribution in [3.8, 4) is 0 Å². The second-order valence-corrected chi connectivity index (χ2v) is 5.19. The van der Waals surface area contributed by atoms with Crippen LogP contribution in [0.15, 0.2) is 0 Å². The number of esters is 1. The highest BCUT2D eigenvalue weighted by molar-refractivity contribution is 6.36. The van der Waals surface area contributed by atoms with Gasteiger partial charge in [-0.15, -0.1) is 0 Å². The van der Waals surface area contributed by atoms with Crippen molar-refractivity contribution >= 4 is 11.7 Å². The molecular weight excluding hydrogens is 250 g/mol. The summed E-state index contributed by atoms with van der Waals surface area (Å²) >= 11 is 0. The molecular formula is C13H25NO5. The van der Waals surface area contributed by atoms with Crippen LogP contribution in [0.25, 0.3) is 0 Å². The lowest BCUT2D eigenvalue weighted by Gasteiger charge is -2.22. The van der Waals surface area contributed by atoms with Crippen molar-refractivity contribution in [1.29, 1.82) is 5.41 Å². The zero-order valence-electron chi connectivity index (χ0n) is 12.2. The van der Waals surface area contributed by atoms with Gasteiger partial charge in [-0.05, 0) is 27.2 Å². The number of methoxy groups -OCH3 is 1. The van der Waals surface area contributed by atoms with Gasteiger partial charge in [-0.2, -0.15) is 0 Å². The van der Waals surface area contributed by atoms with Crippen LogP contribution in [0, 0.1) is 11.3 Å². The van der Waals surface area contributed by atoms with E-state index in [1.165, 1.54) is 0 Å². The number of hydrogen-bond donors (Lipinski definition) is 2. The van der Waals surface area contributed by atoms with E-state index in [1.807, 2.05) is 0 Å². The van der Waals surface area contributed by atoms with Crippen molar-refractivity contribution in [1.82, 2.24) is 0 Å². The summed E-state index contributed by atoms with van der Waals surface area (Å²) < 4.78 is 15.3. The molecule has 0 fully saturated rings. The summed E-state index contributed by atoms with van der Waals surface area (Å²) in [6.07, 6.45) is 0.297. The van der Waals surface area contributed by atoms with Gasteiger partial charge in [0.05, 0.1) is 19.8 Å². The molecule has 0 amide bonds. The van der Waals surface area contributed by atoms with Gasteiger partial charge in [0.2, 0.25) is 0 Å². The van der Waals surface area contributed by atoms with Crippen LogP contribution in [0.4, 0.5) is 0 Å². The van der Waals surface area contributed by atoms with Crippen LogP contribution in [0.5, 0.6) is 0 Å². The van der Waals surface area contributed by atoms with Gasteiger partial charge >= 0.3 is 5.97 Å². The lowest BCUT2D eigenvalue weighted by atomic mass is 10.0. The summed E-state index contributed by atoms with van der Waals surface area (Å²) in [7, 11) is 1.57. The Kier molecular flexibility index (Phi) is 8.54. The molecule has 0 aliphatic carbocycles. The molecule has 0 spiro atoms. The van der Waals surface area contributed by atoms with Crippen LogP contribution >= 0.6 is 0 Å². The molecule has 0 radical (unpaired) electrons. The van der Waals surface area contributed by atoms with E-state index >= 15 is 0 Å². The van der Waals surface area contributed by atoms with Gasteiger partial charge in [0.1, 0.15) is 11.3 Å². The number of aliphatic hydroxyl groups excluding tert-OH is 1. The monoisotopic (exact) mass is 275 g/mol. The van der Waals surface area contributed by atoms with Gasteiger partial charge in [0, 0.05) is 19.6 Å². The molecule has 0 aromatic rings. The normalized spacial score (nSPS) is 13.1. The first-order valence-corrected chi connectivity index (χ1v) is 6.31. The minimum Gasteiger partial charge on any atom is -0.455 e. The standard InChI is InChI=1S/C13H25NO5/c1-13(2,3)19-12(16)11(14)10(5-6-15)9-18-8-7-17-4/h10,14-15H,5-9H2,1-4H3. The first kappa shape index (κ1) is 18.0.